The largest absolute Gasteiger partial charge is 0.319 e. The van der Waals surface area contributed by atoms with E-state index in [-0.39, 0.29) is 0 Å². The summed E-state index contributed by atoms with van der Waals surface area (Å²) in [6.07, 6.45) is 5.84. The molecule has 16 heavy (non-hydrogen) atoms. The maximum Gasteiger partial charge on any atom is 0.00213 e. The molecule has 0 aromatic rings. The quantitative estimate of drug-likeness (QED) is 0.718. The highest BCUT2D eigenvalue weighted by Crippen LogP contribution is 2.25. The fourth-order valence-electron chi connectivity index (χ4n) is 2.88. The molecule has 0 amide bonds. The second-order valence-corrected chi connectivity index (χ2v) is 5.93. The van der Waals surface area contributed by atoms with Gasteiger partial charge in [0.15, 0.2) is 0 Å². The summed E-state index contributed by atoms with van der Waals surface area (Å²) in [5, 5.41) is 3.32. The molecule has 2 heteroatoms. The monoisotopic (exact) mass is 226 g/mol. The topological polar surface area (TPSA) is 15.3 Å². The van der Waals surface area contributed by atoms with Crippen LogP contribution < -0.4 is 5.32 Å². The van der Waals surface area contributed by atoms with E-state index in [0.717, 1.165) is 24.3 Å². The SMILES string of the molecule is CNCC(CN(C)CC1CCCC1)C(C)C. The normalized spacial score (nSPS) is 19.9. The Kier molecular flexibility index (Phi) is 6.37. The Balaban J connectivity index is 2.26. The minimum Gasteiger partial charge on any atom is -0.319 e. The van der Waals surface area contributed by atoms with Crippen LogP contribution >= 0.6 is 0 Å². The van der Waals surface area contributed by atoms with Crippen molar-refractivity contribution in [1.29, 1.82) is 0 Å². The second kappa shape index (κ2) is 7.29. The van der Waals surface area contributed by atoms with Crippen LogP contribution in [0.2, 0.25) is 0 Å². The highest BCUT2D eigenvalue weighted by Gasteiger charge is 2.19. The molecule has 0 heterocycles. The first-order chi connectivity index (χ1) is 7.63. The van der Waals surface area contributed by atoms with Crippen LogP contribution in [-0.2, 0) is 0 Å². The van der Waals surface area contributed by atoms with Crippen molar-refractivity contribution >= 4 is 0 Å². The zero-order chi connectivity index (χ0) is 12.0. The van der Waals surface area contributed by atoms with Crippen LogP contribution in [0.5, 0.6) is 0 Å². The minimum absolute atomic E-state index is 0.776. The minimum atomic E-state index is 0.776. The summed E-state index contributed by atoms with van der Waals surface area (Å²) in [7, 11) is 4.36. The molecular weight excluding hydrogens is 196 g/mol. The van der Waals surface area contributed by atoms with Crippen molar-refractivity contribution in [2.45, 2.75) is 39.5 Å². The van der Waals surface area contributed by atoms with Gasteiger partial charge in [0, 0.05) is 13.1 Å². The molecular formula is C14H30N2. The Morgan fingerprint density at radius 1 is 1.25 bits per heavy atom. The Morgan fingerprint density at radius 2 is 1.88 bits per heavy atom. The van der Waals surface area contributed by atoms with Crippen molar-refractivity contribution in [3.05, 3.63) is 0 Å². The van der Waals surface area contributed by atoms with Crippen LogP contribution in [-0.4, -0.2) is 38.6 Å². The van der Waals surface area contributed by atoms with Crippen molar-refractivity contribution in [1.82, 2.24) is 10.2 Å². The van der Waals surface area contributed by atoms with Gasteiger partial charge in [-0.2, -0.15) is 0 Å². The van der Waals surface area contributed by atoms with Crippen LogP contribution in [0, 0.1) is 17.8 Å². The van der Waals surface area contributed by atoms with Gasteiger partial charge in [-0.25, -0.2) is 0 Å². The highest BCUT2D eigenvalue weighted by atomic mass is 15.1. The van der Waals surface area contributed by atoms with E-state index in [1.165, 1.54) is 38.8 Å². The molecule has 0 radical (unpaired) electrons. The van der Waals surface area contributed by atoms with Gasteiger partial charge in [-0.05, 0) is 51.2 Å². The molecule has 0 aliphatic heterocycles. The lowest BCUT2D eigenvalue weighted by atomic mass is 9.95. The fourth-order valence-corrected chi connectivity index (χ4v) is 2.88. The smallest absolute Gasteiger partial charge is 0.00213 e. The third kappa shape index (κ3) is 4.84. The Bertz CT molecular complexity index is 174. The molecule has 1 unspecified atom stereocenters. The Hall–Kier alpha value is -0.0800. The maximum absolute atomic E-state index is 3.32. The van der Waals surface area contributed by atoms with E-state index in [4.69, 9.17) is 0 Å². The Morgan fingerprint density at radius 3 is 2.38 bits per heavy atom. The molecule has 0 saturated heterocycles. The predicted octanol–water partition coefficient (Wildman–Crippen LogP) is 2.60. The molecule has 1 N–H and O–H groups in total. The van der Waals surface area contributed by atoms with E-state index in [9.17, 15) is 0 Å². The summed E-state index contributed by atoms with van der Waals surface area (Å²) >= 11 is 0. The molecule has 0 bridgehead atoms. The van der Waals surface area contributed by atoms with Gasteiger partial charge in [0.25, 0.3) is 0 Å². The molecule has 2 nitrogen and oxygen atoms in total. The third-order valence-corrected chi connectivity index (χ3v) is 4.00. The van der Waals surface area contributed by atoms with E-state index in [0.29, 0.717) is 0 Å². The lowest BCUT2D eigenvalue weighted by molar-refractivity contribution is 0.208. The van der Waals surface area contributed by atoms with Gasteiger partial charge in [0.2, 0.25) is 0 Å². The van der Waals surface area contributed by atoms with Crippen molar-refractivity contribution in [3.63, 3.8) is 0 Å². The van der Waals surface area contributed by atoms with Crippen molar-refractivity contribution < 1.29 is 0 Å². The molecule has 1 saturated carbocycles. The van der Waals surface area contributed by atoms with Gasteiger partial charge in [0.05, 0.1) is 0 Å². The Labute approximate surface area is 102 Å². The molecule has 0 aromatic carbocycles. The predicted molar refractivity (Wildman–Crippen MR) is 71.7 cm³/mol. The first-order valence-corrected chi connectivity index (χ1v) is 6.96. The van der Waals surface area contributed by atoms with E-state index >= 15 is 0 Å². The summed E-state index contributed by atoms with van der Waals surface area (Å²) in [5.74, 6) is 2.54. The number of hydrogen-bond donors (Lipinski definition) is 1. The van der Waals surface area contributed by atoms with Crippen LogP contribution in [0.4, 0.5) is 0 Å². The van der Waals surface area contributed by atoms with Gasteiger partial charge < -0.3 is 10.2 Å². The van der Waals surface area contributed by atoms with Gasteiger partial charge in [-0.15, -0.1) is 0 Å². The van der Waals surface area contributed by atoms with Gasteiger partial charge in [-0.1, -0.05) is 26.7 Å². The van der Waals surface area contributed by atoms with Gasteiger partial charge in [0.1, 0.15) is 0 Å². The standard InChI is InChI=1S/C14H30N2/c1-12(2)14(9-15-3)11-16(4)10-13-7-5-6-8-13/h12-15H,5-11H2,1-4H3. The van der Waals surface area contributed by atoms with E-state index in [1.54, 1.807) is 0 Å². The molecule has 1 aliphatic rings. The summed E-state index contributed by atoms with van der Waals surface area (Å²) < 4.78 is 0. The van der Waals surface area contributed by atoms with Gasteiger partial charge in [-0.3, -0.25) is 0 Å². The number of hydrogen-bond acceptors (Lipinski definition) is 2. The summed E-state index contributed by atoms with van der Waals surface area (Å²) in [5.41, 5.74) is 0. The molecule has 1 rings (SSSR count). The lowest BCUT2D eigenvalue weighted by Gasteiger charge is -2.28. The maximum atomic E-state index is 3.32. The van der Waals surface area contributed by atoms with Crippen molar-refractivity contribution in [3.8, 4) is 0 Å². The molecule has 96 valence electrons. The van der Waals surface area contributed by atoms with E-state index < -0.39 is 0 Å². The summed E-state index contributed by atoms with van der Waals surface area (Å²) in [4.78, 5) is 2.55. The molecule has 1 aliphatic carbocycles. The summed E-state index contributed by atoms with van der Waals surface area (Å²) in [6, 6.07) is 0. The van der Waals surface area contributed by atoms with E-state index in [1.807, 2.05) is 0 Å². The first kappa shape index (κ1) is 14.0. The molecule has 0 aromatic heterocycles. The zero-order valence-electron chi connectivity index (χ0n) is 11.6. The third-order valence-electron chi connectivity index (χ3n) is 4.00. The lowest BCUT2D eigenvalue weighted by Crippen LogP contribution is -2.36. The van der Waals surface area contributed by atoms with Crippen LogP contribution in [0.25, 0.3) is 0 Å². The molecule has 0 spiro atoms. The number of rotatable bonds is 7. The average Bonchev–Trinajstić information content (AvgIpc) is 2.69. The van der Waals surface area contributed by atoms with Crippen molar-refractivity contribution in [2.75, 3.05) is 33.7 Å². The first-order valence-electron chi connectivity index (χ1n) is 6.96. The highest BCUT2D eigenvalue weighted by molar-refractivity contribution is 4.74. The van der Waals surface area contributed by atoms with Crippen LogP contribution in [0.15, 0.2) is 0 Å². The van der Waals surface area contributed by atoms with E-state index in [2.05, 4.69) is 38.2 Å². The number of nitrogens with one attached hydrogen (secondary N) is 1. The van der Waals surface area contributed by atoms with Crippen molar-refractivity contribution in [2.24, 2.45) is 17.8 Å². The molecule has 1 atom stereocenters. The number of nitrogens with zero attached hydrogens (tertiary/aromatic N) is 1. The molecule has 1 fully saturated rings. The van der Waals surface area contributed by atoms with Crippen LogP contribution in [0.3, 0.4) is 0 Å². The second-order valence-electron chi connectivity index (χ2n) is 5.93. The summed E-state index contributed by atoms with van der Waals surface area (Å²) in [6.45, 7) is 8.38. The van der Waals surface area contributed by atoms with Crippen LogP contribution in [0.1, 0.15) is 39.5 Å². The zero-order valence-corrected chi connectivity index (χ0v) is 11.6. The fraction of sp³-hybridized carbons (Fsp3) is 1.00. The average molecular weight is 226 g/mol. The van der Waals surface area contributed by atoms with Gasteiger partial charge >= 0.3 is 0 Å².